The molecule has 1 atom stereocenters. The van der Waals surface area contributed by atoms with Crippen LogP contribution in [-0.4, -0.2) is 23.9 Å². The third-order valence-electron chi connectivity index (χ3n) is 1.82. The number of benzene rings is 1. The second kappa shape index (κ2) is 4.28. The van der Waals surface area contributed by atoms with Crippen LogP contribution in [0.15, 0.2) is 24.3 Å². The van der Waals surface area contributed by atoms with Crippen molar-refractivity contribution in [1.82, 2.24) is 0 Å². The number of phenolic OH excluding ortho intramolecular Hbond substituents is 1. The Labute approximate surface area is 82.3 Å². The van der Waals surface area contributed by atoms with E-state index in [0.717, 1.165) is 0 Å². The molecule has 1 aromatic rings. The molecular weight excluding hydrogens is 185 g/mol. The van der Waals surface area contributed by atoms with Crippen molar-refractivity contribution in [2.24, 2.45) is 5.73 Å². The van der Waals surface area contributed by atoms with Crippen molar-refractivity contribution >= 4 is 0 Å². The molecule has 0 amide bonds. The van der Waals surface area contributed by atoms with Crippen LogP contribution in [0, 0.1) is 0 Å². The zero-order valence-electron chi connectivity index (χ0n) is 8.03. The lowest BCUT2D eigenvalue weighted by molar-refractivity contribution is 0.108. The summed E-state index contributed by atoms with van der Waals surface area (Å²) >= 11 is 0. The van der Waals surface area contributed by atoms with Gasteiger partial charge in [-0.15, -0.1) is 0 Å². The van der Waals surface area contributed by atoms with E-state index in [4.69, 9.17) is 10.5 Å². The van der Waals surface area contributed by atoms with Gasteiger partial charge in [0.05, 0.1) is 0 Å². The van der Waals surface area contributed by atoms with Gasteiger partial charge < -0.3 is 15.6 Å². The second-order valence-electron chi connectivity index (χ2n) is 3.37. The van der Waals surface area contributed by atoms with Crippen LogP contribution in [0.25, 0.3) is 0 Å². The lowest BCUT2D eigenvalue weighted by Crippen LogP contribution is -2.35. The Hall–Kier alpha value is -1.29. The Morgan fingerprint density at radius 2 is 2.14 bits per heavy atom. The summed E-state index contributed by atoms with van der Waals surface area (Å²) in [6.07, 6.45) is 0. The number of nitrogens with two attached hydrogens (primary N) is 1. The number of ether oxygens (including phenoxy) is 1. The fraction of sp³-hybridized carbons (Fsp3) is 0.400. The summed E-state index contributed by atoms with van der Waals surface area (Å²) < 4.78 is 18.4. The standard InChI is InChI=1S/C10H14FNO2/c1-10(11,6-12)7-14-9-5-3-2-4-8(9)13/h2-5,13H,6-7,12H2,1H3. The average molecular weight is 199 g/mol. The van der Waals surface area contributed by atoms with E-state index in [2.05, 4.69) is 0 Å². The van der Waals surface area contributed by atoms with E-state index in [9.17, 15) is 9.50 Å². The Bertz CT molecular complexity index is 302. The van der Waals surface area contributed by atoms with Gasteiger partial charge in [-0.2, -0.15) is 0 Å². The minimum Gasteiger partial charge on any atom is -0.504 e. The van der Waals surface area contributed by atoms with Gasteiger partial charge in [0.2, 0.25) is 0 Å². The highest BCUT2D eigenvalue weighted by atomic mass is 19.1. The Morgan fingerprint density at radius 3 is 2.71 bits per heavy atom. The summed E-state index contributed by atoms with van der Waals surface area (Å²) in [4.78, 5) is 0. The van der Waals surface area contributed by atoms with Gasteiger partial charge in [0.1, 0.15) is 6.61 Å². The molecule has 0 fully saturated rings. The lowest BCUT2D eigenvalue weighted by Gasteiger charge is -2.18. The zero-order valence-corrected chi connectivity index (χ0v) is 8.03. The van der Waals surface area contributed by atoms with Crippen molar-refractivity contribution in [3.05, 3.63) is 24.3 Å². The molecule has 1 rings (SSSR count). The molecule has 3 nitrogen and oxygen atoms in total. The Kier molecular flexibility index (Phi) is 3.30. The van der Waals surface area contributed by atoms with Crippen LogP contribution in [-0.2, 0) is 0 Å². The van der Waals surface area contributed by atoms with Gasteiger partial charge in [0.15, 0.2) is 17.2 Å². The zero-order chi connectivity index (χ0) is 10.6. The van der Waals surface area contributed by atoms with Crippen LogP contribution < -0.4 is 10.5 Å². The molecule has 1 unspecified atom stereocenters. The summed E-state index contributed by atoms with van der Waals surface area (Å²) in [5.74, 6) is 0.269. The predicted molar refractivity (Wildman–Crippen MR) is 52.2 cm³/mol. The highest BCUT2D eigenvalue weighted by Gasteiger charge is 2.22. The van der Waals surface area contributed by atoms with E-state index < -0.39 is 5.67 Å². The van der Waals surface area contributed by atoms with Gasteiger partial charge in [0, 0.05) is 6.54 Å². The monoisotopic (exact) mass is 199 g/mol. The van der Waals surface area contributed by atoms with E-state index in [-0.39, 0.29) is 24.7 Å². The Balaban J connectivity index is 2.58. The summed E-state index contributed by atoms with van der Waals surface area (Å²) in [6.45, 7) is 1.08. The van der Waals surface area contributed by atoms with Crippen LogP contribution >= 0.6 is 0 Å². The van der Waals surface area contributed by atoms with Gasteiger partial charge in [-0.25, -0.2) is 4.39 Å². The first kappa shape index (κ1) is 10.8. The van der Waals surface area contributed by atoms with Crippen molar-refractivity contribution in [1.29, 1.82) is 0 Å². The first-order valence-corrected chi connectivity index (χ1v) is 4.35. The highest BCUT2D eigenvalue weighted by Crippen LogP contribution is 2.25. The molecule has 0 saturated heterocycles. The van der Waals surface area contributed by atoms with Crippen LogP contribution in [0.1, 0.15) is 6.92 Å². The molecule has 0 saturated carbocycles. The van der Waals surface area contributed by atoms with Gasteiger partial charge >= 0.3 is 0 Å². The molecule has 0 heterocycles. The normalized spacial score (nSPS) is 14.8. The van der Waals surface area contributed by atoms with Crippen LogP contribution in [0.2, 0.25) is 0 Å². The summed E-state index contributed by atoms with van der Waals surface area (Å²) in [6, 6.07) is 6.42. The molecule has 0 aliphatic carbocycles. The van der Waals surface area contributed by atoms with Gasteiger partial charge in [-0.05, 0) is 19.1 Å². The van der Waals surface area contributed by atoms with E-state index >= 15 is 0 Å². The first-order chi connectivity index (χ1) is 6.55. The maximum absolute atomic E-state index is 13.3. The third kappa shape index (κ3) is 2.88. The van der Waals surface area contributed by atoms with Crippen molar-refractivity contribution in [2.75, 3.05) is 13.2 Å². The number of alkyl halides is 1. The van der Waals surface area contributed by atoms with Crippen molar-refractivity contribution < 1.29 is 14.2 Å². The number of hydrogen-bond donors (Lipinski definition) is 2. The molecular formula is C10H14FNO2. The van der Waals surface area contributed by atoms with E-state index in [1.807, 2.05) is 0 Å². The third-order valence-corrected chi connectivity index (χ3v) is 1.82. The SMILES string of the molecule is CC(F)(CN)COc1ccccc1O. The van der Waals surface area contributed by atoms with Crippen LogP contribution in [0.4, 0.5) is 4.39 Å². The summed E-state index contributed by atoms with van der Waals surface area (Å²) in [5.41, 5.74) is 3.62. The molecule has 0 aliphatic rings. The number of aromatic hydroxyl groups is 1. The Morgan fingerprint density at radius 1 is 1.50 bits per heavy atom. The van der Waals surface area contributed by atoms with E-state index in [0.29, 0.717) is 0 Å². The largest absolute Gasteiger partial charge is 0.504 e. The molecule has 0 radical (unpaired) electrons. The van der Waals surface area contributed by atoms with Crippen molar-refractivity contribution in [3.63, 3.8) is 0 Å². The smallest absolute Gasteiger partial charge is 0.161 e. The molecule has 14 heavy (non-hydrogen) atoms. The maximum Gasteiger partial charge on any atom is 0.161 e. The van der Waals surface area contributed by atoms with Crippen LogP contribution in [0.5, 0.6) is 11.5 Å². The predicted octanol–water partition coefficient (Wildman–Crippen LogP) is 1.46. The maximum atomic E-state index is 13.3. The molecule has 0 bridgehead atoms. The molecule has 4 heteroatoms. The number of halogens is 1. The van der Waals surface area contributed by atoms with Crippen LogP contribution in [0.3, 0.4) is 0 Å². The molecule has 0 aliphatic heterocycles. The number of para-hydroxylation sites is 2. The molecule has 78 valence electrons. The van der Waals surface area contributed by atoms with Gasteiger partial charge in [0.25, 0.3) is 0 Å². The quantitative estimate of drug-likeness (QED) is 0.771. The molecule has 0 aromatic heterocycles. The first-order valence-electron chi connectivity index (χ1n) is 4.35. The molecule has 0 spiro atoms. The number of hydrogen-bond acceptors (Lipinski definition) is 3. The van der Waals surface area contributed by atoms with E-state index in [1.165, 1.54) is 13.0 Å². The van der Waals surface area contributed by atoms with Gasteiger partial charge in [-0.3, -0.25) is 0 Å². The summed E-state index contributed by atoms with van der Waals surface area (Å²) in [5, 5.41) is 9.30. The van der Waals surface area contributed by atoms with Gasteiger partial charge in [-0.1, -0.05) is 12.1 Å². The topological polar surface area (TPSA) is 55.5 Å². The minimum atomic E-state index is -1.57. The highest BCUT2D eigenvalue weighted by molar-refractivity contribution is 5.37. The molecule has 1 aromatic carbocycles. The minimum absolute atomic E-state index is 0.000298. The second-order valence-corrected chi connectivity index (χ2v) is 3.37. The average Bonchev–Trinajstić information content (AvgIpc) is 2.17. The number of rotatable bonds is 4. The van der Waals surface area contributed by atoms with E-state index in [1.54, 1.807) is 18.2 Å². The number of phenols is 1. The van der Waals surface area contributed by atoms with Crippen molar-refractivity contribution in [2.45, 2.75) is 12.6 Å². The fourth-order valence-corrected chi connectivity index (χ4v) is 0.866. The lowest BCUT2D eigenvalue weighted by atomic mass is 10.1. The molecule has 3 N–H and O–H groups in total. The van der Waals surface area contributed by atoms with Crippen molar-refractivity contribution in [3.8, 4) is 11.5 Å². The summed E-state index contributed by atoms with van der Waals surface area (Å²) in [7, 11) is 0. The fourth-order valence-electron chi connectivity index (χ4n) is 0.866.